The summed E-state index contributed by atoms with van der Waals surface area (Å²) in [7, 11) is 1.68. The number of hydrogen-bond donors (Lipinski definition) is 1. The SMILES string of the molecule is CCC1CCN(C(=O)C2(OC)CCNCC2)C1. The third-order valence-corrected chi connectivity index (χ3v) is 4.34. The lowest BCUT2D eigenvalue weighted by Crippen LogP contribution is -2.54. The van der Waals surface area contributed by atoms with Crippen molar-refractivity contribution in [3.8, 4) is 0 Å². The van der Waals surface area contributed by atoms with Crippen molar-refractivity contribution in [2.75, 3.05) is 33.3 Å². The van der Waals surface area contributed by atoms with Crippen molar-refractivity contribution in [3.63, 3.8) is 0 Å². The largest absolute Gasteiger partial charge is 0.368 e. The van der Waals surface area contributed by atoms with Gasteiger partial charge in [-0.2, -0.15) is 0 Å². The minimum absolute atomic E-state index is 0.220. The first-order chi connectivity index (χ1) is 8.22. The molecule has 0 bridgehead atoms. The molecule has 98 valence electrons. The molecule has 0 aromatic rings. The maximum absolute atomic E-state index is 12.6. The highest BCUT2D eigenvalue weighted by Gasteiger charge is 2.43. The quantitative estimate of drug-likeness (QED) is 0.800. The van der Waals surface area contributed by atoms with Crippen LogP contribution in [0.5, 0.6) is 0 Å². The molecule has 0 aliphatic carbocycles. The van der Waals surface area contributed by atoms with Crippen LogP contribution in [-0.4, -0.2) is 49.7 Å². The zero-order valence-electron chi connectivity index (χ0n) is 11.0. The first-order valence-electron chi connectivity index (χ1n) is 6.77. The molecule has 1 unspecified atom stereocenters. The average molecular weight is 240 g/mol. The normalized spacial score (nSPS) is 28.4. The Hall–Kier alpha value is -0.610. The monoisotopic (exact) mass is 240 g/mol. The number of carbonyl (C=O) groups is 1. The molecular weight excluding hydrogens is 216 g/mol. The van der Waals surface area contributed by atoms with Gasteiger partial charge < -0.3 is 15.0 Å². The van der Waals surface area contributed by atoms with Gasteiger partial charge >= 0.3 is 0 Å². The van der Waals surface area contributed by atoms with E-state index >= 15 is 0 Å². The van der Waals surface area contributed by atoms with Crippen molar-refractivity contribution in [1.29, 1.82) is 0 Å². The van der Waals surface area contributed by atoms with Gasteiger partial charge in [-0.15, -0.1) is 0 Å². The second-order valence-electron chi connectivity index (χ2n) is 5.26. The zero-order chi connectivity index (χ0) is 12.3. The molecule has 2 heterocycles. The minimum atomic E-state index is -0.548. The molecule has 0 saturated carbocycles. The topological polar surface area (TPSA) is 41.6 Å². The maximum Gasteiger partial charge on any atom is 0.254 e. The van der Waals surface area contributed by atoms with Gasteiger partial charge in [-0.3, -0.25) is 4.79 Å². The summed E-state index contributed by atoms with van der Waals surface area (Å²) in [4.78, 5) is 14.6. The van der Waals surface area contributed by atoms with Crippen molar-refractivity contribution >= 4 is 5.91 Å². The first-order valence-corrected chi connectivity index (χ1v) is 6.77. The Bertz CT molecular complexity index is 275. The van der Waals surface area contributed by atoms with Gasteiger partial charge in [0, 0.05) is 20.2 Å². The van der Waals surface area contributed by atoms with E-state index in [1.165, 1.54) is 6.42 Å². The summed E-state index contributed by atoms with van der Waals surface area (Å²) in [5.41, 5.74) is -0.548. The summed E-state index contributed by atoms with van der Waals surface area (Å²) in [5, 5.41) is 3.29. The number of likely N-dealkylation sites (tertiary alicyclic amines) is 1. The summed E-state index contributed by atoms with van der Waals surface area (Å²) >= 11 is 0. The molecule has 0 aromatic carbocycles. The van der Waals surface area contributed by atoms with Gasteiger partial charge in [0.1, 0.15) is 5.60 Å². The van der Waals surface area contributed by atoms with E-state index in [0.717, 1.165) is 45.4 Å². The fourth-order valence-corrected chi connectivity index (χ4v) is 2.97. The van der Waals surface area contributed by atoms with Crippen LogP contribution in [0.1, 0.15) is 32.6 Å². The Morgan fingerprint density at radius 1 is 1.47 bits per heavy atom. The zero-order valence-corrected chi connectivity index (χ0v) is 11.0. The standard InChI is InChI=1S/C13H24N2O2/c1-3-11-4-9-15(10-11)12(16)13(17-2)5-7-14-8-6-13/h11,14H,3-10H2,1-2H3. The van der Waals surface area contributed by atoms with Crippen molar-refractivity contribution in [2.45, 2.75) is 38.2 Å². The summed E-state index contributed by atoms with van der Waals surface area (Å²) in [6, 6.07) is 0. The van der Waals surface area contributed by atoms with Crippen LogP contribution in [0.25, 0.3) is 0 Å². The van der Waals surface area contributed by atoms with Gasteiger partial charge in [-0.1, -0.05) is 13.3 Å². The lowest BCUT2D eigenvalue weighted by atomic mass is 9.90. The molecular formula is C13H24N2O2. The number of hydrogen-bond acceptors (Lipinski definition) is 3. The predicted molar refractivity (Wildman–Crippen MR) is 66.8 cm³/mol. The van der Waals surface area contributed by atoms with Crippen LogP contribution in [0.2, 0.25) is 0 Å². The van der Waals surface area contributed by atoms with Gasteiger partial charge in [0.2, 0.25) is 0 Å². The fourth-order valence-electron chi connectivity index (χ4n) is 2.97. The molecule has 1 atom stereocenters. The van der Waals surface area contributed by atoms with E-state index in [1.807, 2.05) is 4.90 Å². The Labute approximate surface area is 104 Å². The van der Waals surface area contributed by atoms with Crippen LogP contribution in [0.3, 0.4) is 0 Å². The second kappa shape index (κ2) is 5.36. The number of piperidine rings is 1. The molecule has 4 heteroatoms. The van der Waals surface area contributed by atoms with Crippen LogP contribution in [-0.2, 0) is 9.53 Å². The fraction of sp³-hybridized carbons (Fsp3) is 0.923. The van der Waals surface area contributed by atoms with E-state index in [-0.39, 0.29) is 5.91 Å². The summed E-state index contributed by atoms with van der Waals surface area (Å²) in [5.74, 6) is 0.909. The van der Waals surface area contributed by atoms with Gasteiger partial charge in [0.05, 0.1) is 0 Å². The molecule has 4 nitrogen and oxygen atoms in total. The summed E-state index contributed by atoms with van der Waals surface area (Å²) in [6.07, 6.45) is 3.93. The van der Waals surface area contributed by atoms with Crippen molar-refractivity contribution in [3.05, 3.63) is 0 Å². The van der Waals surface area contributed by atoms with E-state index in [4.69, 9.17) is 4.74 Å². The van der Waals surface area contributed by atoms with E-state index < -0.39 is 5.60 Å². The highest BCUT2D eigenvalue weighted by atomic mass is 16.5. The lowest BCUT2D eigenvalue weighted by molar-refractivity contribution is -0.157. The first kappa shape index (κ1) is 12.8. The molecule has 1 amide bonds. The van der Waals surface area contributed by atoms with Crippen molar-refractivity contribution in [1.82, 2.24) is 10.2 Å². The number of methoxy groups -OCH3 is 1. The third-order valence-electron chi connectivity index (χ3n) is 4.34. The second-order valence-corrected chi connectivity index (χ2v) is 5.26. The van der Waals surface area contributed by atoms with E-state index in [0.29, 0.717) is 5.92 Å². The number of amides is 1. The van der Waals surface area contributed by atoms with Gasteiger partial charge in [-0.05, 0) is 38.3 Å². The number of nitrogens with one attached hydrogen (secondary N) is 1. The molecule has 0 radical (unpaired) electrons. The minimum Gasteiger partial charge on any atom is -0.368 e. The van der Waals surface area contributed by atoms with Crippen molar-refractivity contribution in [2.24, 2.45) is 5.92 Å². The van der Waals surface area contributed by atoms with Crippen LogP contribution in [0.15, 0.2) is 0 Å². The molecule has 2 rings (SSSR count). The highest BCUT2D eigenvalue weighted by Crippen LogP contribution is 2.28. The molecule has 2 aliphatic heterocycles. The number of carbonyl (C=O) groups excluding carboxylic acids is 1. The lowest BCUT2D eigenvalue weighted by Gasteiger charge is -2.37. The van der Waals surface area contributed by atoms with Crippen LogP contribution >= 0.6 is 0 Å². The molecule has 17 heavy (non-hydrogen) atoms. The Balaban J connectivity index is 2.02. The van der Waals surface area contributed by atoms with Crippen LogP contribution in [0, 0.1) is 5.92 Å². The third kappa shape index (κ3) is 2.47. The predicted octanol–water partition coefficient (Wildman–Crippen LogP) is 1.01. The van der Waals surface area contributed by atoms with E-state index in [1.54, 1.807) is 7.11 Å². The van der Waals surface area contributed by atoms with Gasteiger partial charge in [-0.25, -0.2) is 0 Å². The molecule has 2 fully saturated rings. The maximum atomic E-state index is 12.6. The van der Waals surface area contributed by atoms with E-state index in [2.05, 4.69) is 12.2 Å². The van der Waals surface area contributed by atoms with Gasteiger partial charge in [0.15, 0.2) is 0 Å². The summed E-state index contributed by atoms with van der Waals surface area (Å²) < 4.78 is 5.59. The van der Waals surface area contributed by atoms with E-state index in [9.17, 15) is 4.79 Å². The number of ether oxygens (including phenoxy) is 1. The Morgan fingerprint density at radius 3 is 2.71 bits per heavy atom. The number of nitrogens with zero attached hydrogens (tertiary/aromatic N) is 1. The Morgan fingerprint density at radius 2 is 2.18 bits per heavy atom. The van der Waals surface area contributed by atoms with Crippen LogP contribution in [0.4, 0.5) is 0 Å². The molecule has 1 N–H and O–H groups in total. The molecule has 0 aromatic heterocycles. The van der Waals surface area contributed by atoms with Crippen molar-refractivity contribution < 1.29 is 9.53 Å². The van der Waals surface area contributed by atoms with Crippen LogP contribution < -0.4 is 5.32 Å². The molecule has 0 spiro atoms. The molecule has 2 saturated heterocycles. The molecule has 2 aliphatic rings. The highest BCUT2D eigenvalue weighted by molar-refractivity contribution is 5.85. The van der Waals surface area contributed by atoms with Gasteiger partial charge in [0.25, 0.3) is 5.91 Å². The summed E-state index contributed by atoms with van der Waals surface area (Å²) in [6.45, 7) is 5.80. The smallest absolute Gasteiger partial charge is 0.254 e. The number of rotatable bonds is 3. The Kier molecular flexibility index (Phi) is 4.05. The average Bonchev–Trinajstić information content (AvgIpc) is 2.87.